The highest BCUT2D eigenvalue weighted by molar-refractivity contribution is 5.80. The highest BCUT2D eigenvalue weighted by Gasteiger charge is 2.32. The average molecular weight is 465 g/mol. The van der Waals surface area contributed by atoms with Crippen LogP contribution in [-0.4, -0.2) is 75.9 Å². The van der Waals surface area contributed by atoms with Crippen LogP contribution < -0.4 is 0 Å². The van der Waals surface area contributed by atoms with Crippen molar-refractivity contribution in [1.82, 2.24) is 24.8 Å². The van der Waals surface area contributed by atoms with Crippen LogP contribution in [0.5, 0.6) is 0 Å². The molecule has 2 aliphatic heterocycles. The molecule has 2 amide bonds. The van der Waals surface area contributed by atoms with Crippen molar-refractivity contribution in [2.75, 3.05) is 39.3 Å². The average Bonchev–Trinajstić information content (AvgIpc) is 3.46. The maximum absolute atomic E-state index is 13.0. The van der Waals surface area contributed by atoms with Gasteiger partial charge in [-0.15, -0.1) is 0 Å². The van der Waals surface area contributed by atoms with E-state index in [1.807, 2.05) is 6.92 Å². The quantitative estimate of drug-likeness (QED) is 0.653. The van der Waals surface area contributed by atoms with E-state index in [2.05, 4.69) is 15.0 Å². The van der Waals surface area contributed by atoms with E-state index in [4.69, 9.17) is 4.52 Å². The van der Waals surface area contributed by atoms with E-state index in [1.165, 1.54) is 12.1 Å². The smallest absolute Gasteiger partial charge is 0.342 e. The van der Waals surface area contributed by atoms with Gasteiger partial charge in [-0.1, -0.05) is 17.3 Å². The molecule has 1 atom stereocenters. The standard InChI is InChI=1S/C22H26F3N5O3/c1-15(21-26-20(27-33-21)16-4-2-5-17(14-16)22(23,24)25)28-10-12-30(13-11-28)19(32)7-9-29-8-3-6-18(29)31/h2,4-5,14-15H,3,6-13H2,1H3. The number of hydrogen-bond acceptors (Lipinski definition) is 6. The van der Waals surface area contributed by atoms with Crippen molar-refractivity contribution >= 4 is 11.8 Å². The van der Waals surface area contributed by atoms with Gasteiger partial charge in [0.2, 0.25) is 23.5 Å². The third-order valence-electron chi connectivity index (χ3n) is 6.23. The number of carbonyl (C=O) groups excluding carboxylic acids is 2. The molecule has 2 fully saturated rings. The molecule has 8 nitrogen and oxygen atoms in total. The molecule has 0 saturated carbocycles. The van der Waals surface area contributed by atoms with E-state index in [-0.39, 0.29) is 29.2 Å². The van der Waals surface area contributed by atoms with Gasteiger partial charge in [0, 0.05) is 57.7 Å². The molecule has 33 heavy (non-hydrogen) atoms. The molecular formula is C22H26F3N5O3. The lowest BCUT2D eigenvalue weighted by molar-refractivity contribution is -0.137. The number of likely N-dealkylation sites (tertiary alicyclic amines) is 1. The largest absolute Gasteiger partial charge is 0.416 e. The minimum Gasteiger partial charge on any atom is -0.342 e. The Hall–Kier alpha value is -2.95. The number of carbonyl (C=O) groups is 2. The van der Waals surface area contributed by atoms with E-state index in [9.17, 15) is 22.8 Å². The summed E-state index contributed by atoms with van der Waals surface area (Å²) in [6, 6.07) is 4.58. The molecular weight excluding hydrogens is 439 g/mol. The van der Waals surface area contributed by atoms with E-state index >= 15 is 0 Å². The lowest BCUT2D eigenvalue weighted by Gasteiger charge is -2.37. The molecule has 1 unspecified atom stereocenters. The summed E-state index contributed by atoms with van der Waals surface area (Å²) in [5.41, 5.74) is -0.534. The molecule has 3 heterocycles. The first-order valence-electron chi connectivity index (χ1n) is 11.0. The lowest BCUT2D eigenvalue weighted by Crippen LogP contribution is -2.49. The van der Waals surface area contributed by atoms with Gasteiger partial charge in [-0.3, -0.25) is 14.5 Å². The van der Waals surface area contributed by atoms with Crippen LogP contribution in [0.1, 0.15) is 43.7 Å². The summed E-state index contributed by atoms with van der Waals surface area (Å²) >= 11 is 0. The van der Waals surface area contributed by atoms with Crippen LogP contribution in [-0.2, 0) is 15.8 Å². The Kier molecular flexibility index (Phi) is 6.68. The van der Waals surface area contributed by atoms with Gasteiger partial charge < -0.3 is 14.3 Å². The van der Waals surface area contributed by atoms with Gasteiger partial charge in [-0.25, -0.2) is 0 Å². The highest BCUT2D eigenvalue weighted by atomic mass is 19.4. The summed E-state index contributed by atoms with van der Waals surface area (Å²) < 4.78 is 44.3. The van der Waals surface area contributed by atoms with Crippen molar-refractivity contribution in [3.63, 3.8) is 0 Å². The number of piperazine rings is 1. The van der Waals surface area contributed by atoms with E-state index in [1.54, 1.807) is 9.80 Å². The summed E-state index contributed by atoms with van der Waals surface area (Å²) in [6.45, 7) is 5.39. The van der Waals surface area contributed by atoms with E-state index < -0.39 is 11.7 Å². The van der Waals surface area contributed by atoms with Gasteiger partial charge in [0.25, 0.3) is 0 Å². The van der Waals surface area contributed by atoms with Crippen molar-refractivity contribution in [3.05, 3.63) is 35.7 Å². The van der Waals surface area contributed by atoms with Gasteiger partial charge in [0.05, 0.1) is 11.6 Å². The Labute approximate surface area is 189 Å². The number of amides is 2. The first-order chi connectivity index (χ1) is 15.7. The zero-order valence-electron chi connectivity index (χ0n) is 18.3. The molecule has 0 radical (unpaired) electrons. The number of halogens is 3. The van der Waals surface area contributed by atoms with E-state index in [0.717, 1.165) is 25.1 Å². The van der Waals surface area contributed by atoms with Gasteiger partial charge in [0.15, 0.2) is 0 Å². The van der Waals surface area contributed by atoms with Gasteiger partial charge in [-0.2, -0.15) is 18.2 Å². The molecule has 0 N–H and O–H groups in total. The number of benzene rings is 1. The number of rotatable bonds is 6. The minimum absolute atomic E-state index is 0.0339. The molecule has 2 saturated heterocycles. The lowest BCUT2D eigenvalue weighted by atomic mass is 10.1. The Morgan fingerprint density at radius 2 is 1.94 bits per heavy atom. The summed E-state index contributed by atoms with van der Waals surface area (Å²) in [7, 11) is 0. The second-order valence-electron chi connectivity index (χ2n) is 8.36. The summed E-state index contributed by atoms with van der Waals surface area (Å²) in [5, 5.41) is 3.86. The fraction of sp³-hybridized carbons (Fsp3) is 0.545. The summed E-state index contributed by atoms with van der Waals surface area (Å²) in [5.74, 6) is 0.570. The van der Waals surface area contributed by atoms with Crippen LogP contribution in [0.3, 0.4) is 0 Å². The number of alkyl halides is 3. The summed E-state index contributed by atoms with van der Waals surface area (Å²) in [6.07, 6.45) is -2.70. The second-order valence-corrected chi connectivity index (χ2v) is 8.36. The van der Waals surface area contributed by atoms with Crippen LogP contribution in [0, 0.1) is 0 Å². The molecule has 0 bridgehead atoms. The predicted molar refractivity (Wildman–Crippen MR) is 112 cm³/mol. The van der Waals surface area contributed by atoms with Gasteiger partial charge >= 0.3 is 6.18 Å². The monoisotopic (exact) mass is 465 g/mol. The first kappa shape index (κ1) is 23.2. The van der Waals surface area contributed by atoms with E-state index in [0.29, 0.717) is 51.5 Å². The Bertz CT molecular complexity index is 1000. The predicted octanol–water partition coefficient (Wildman–Crippen LogP) is 2.97. The minimum atomic E-state index is -4.45. The topological polar surface area (TPSA) is 82.8 Å². The Morgan fingerprint density at radius 3 is 2.61 bits per heavy atom. The third kappa shape index (κ3) is 5.35. The number of aromatic nitrogens is 2. The van der Waals surface area contributed by atoms with Gasteiger partial charge in [0.1, 0.15) is 0 Å². The van der Waals surface area contributed by atoms with Crippen molar-refractivity contribution in [2.45, 2.75) is 38.4 Å². The molecule has 4 rings (SSSR count). The molecule has 0 aliphatic carbocycles. The molecule has 2 aliphatic rings. The fourth-order valence-corrected chi connectivity index (χ4v) is 4.20. The number of nitrogens with zero attached hydrogens (tertiary/aromatic N) is 5. The molecule has 11 heteroatoms. The second kappa shape index (κ2) is 9.50. The van der Waals surface area contributed by atoms with Crippen LogP contribution in [0.2, 0.25) is 0 Å². The fourth-order valence-electron chi connectivity index (χ4n) is 4.20. The molecule has 1 aromatic carbocycles. The Morgan fingerprint density at radius 1 is 1.18 bits per heavy atom. The van der Waals surface area contributed by atoms with Crippen molar-refractivity contribution in [2.24, 2.45) is 0 Å². The van der Waals surface area contributed by atoms with Crippen LogP contribution in [0.25, 0.3) is 11.4 Å². The zero-order valence-corrected chi connectivity index (χ0v) is 18.3. The van der Waals surface area contributed by atoms with Gasteiger partial charge in [-0.05, 0) is 25.5 Å². The van der Waals surface area contributed by atoms with Crippen molar-refractivity contribution in [1.29, 1.82) is 0 Å². The molecule has 178 valence electrons. The SMILES string of the molecule is CC(c1nc(-c2cccc(C(F)(F)F)c2)no1)N1CCN(C(=O)CCN2CCCC2=O)CC1. The van der Waals surface area contributed by atoms with Crippen LogP contribution in [0.4, 0.5) is 13.2 Å². The van der Waals surface area contributed by atoms with Crippen molar-refractivity contribution < 1.29 is 27.3 Å². The van der Waals surface area contributed by atoms with Crippen LogP contribution >= 0.6 is 0 Å². The normalized spacial score (nSPS) is 18.7. The summed E-state index contributed by atoms with van der Waals surface area (Å²) in [4.78, 5) is 34.2. The maximum Gasteiger partial charge on any atom is 0.416 e. The zero-order chi connectivity index (χ0) is 23.6. The maximum atomic E-state index is 13.0. The Balaban J connectivity index is 1.31. The first-order valence-corrected chi connectivity index (χ1v) is 11.0. The van der Waals surface area contributed by atoms with Crippen molar-refractivity contribution in [3.8, 4) is 11.4 Å². The third-order valence-corrected chi connectivity index (χ3v) is 6.23. The molecule has 2 aromatic rings. The van der Waals surface area contributed by atoms with Crippen LogP contribution in [0.15, 0.2) is 28.8 Å². The molecule has 1 aromatic heterocycles. The highest BCUT2D eigenvalue weighted by Crippen LogP contribution is 2.32. The number of hydrogen-bond donors (Lipinski definition) is 0. The molecule has 0 spiro atoms.